The lowest BCUT2D eigenvalue weighted by molar-refractivity contribution is 0.134. The van der Waals surface area contributed by atoms with Crippen molar-refractivity contribution in [3.63, 3.8) is 0 Å². The van der Waals surface area contributed by atoms with Crippen molar-refractivity contribution in [3.8, 4) is 11.9 Å². The van der Waals surface area contributed by atoms with Gasteiger partial charge in [0, 0.05) is 25.0 Å². The normalized spacial score (nSPS) is 18.7. The van der Waals surface area contributed by atoms with Crippen molar-refractivity contribution in [2.24, 2.45) is 0 Å². The predicted molar refractivity (Wildman–Crippen MR) is 105 cm³/mol. The third-order valence-electron chi connectivity index (χ3n) is 4.83. The molecule has 0 spiro atoms. The molecular weight excluding hydrogens is 354 g/mol. The Balaban J connectivity index is 1.32. The quantitative estimate of drug-likeness (QED) is 0.721. The van der Waals surface area contributed by atoms with Crippen LogP contribution in [0.4, 0.5) is 4.79 Å². The summed E-state index contributed by atoms with van der Waals surface area (Å²) in [6.45, 7) is 0.656. The highest BCUT2D eigenvalue weighted by atomic mass is 16.5. The highest BCUT2D eigenvalue weighted by molar-refractivity contribution is 5.74. The van der Waals surface area contributed by atoms with Crippen LogP contribution in [0.3, 0.4) is 0 Å². The largest absolute Gasteiger partial charge is 0.472 e. The van der Waals surface area contributed by atoms with E-state index >= 15 is 0 Å². The Hall–Kier alpha value is -3.14. The van der Waals surface area contributed by atoms with E-state index in [0.717, 1.165) is 38.5 Å². The number of carbonyl (C=O) groups excluding carboxylic acids is 1. The summed E-state index contributed by atoms with van der Waals surface area (Å²) >= 11 is 0. The molecule has 0 bridgehead atoms. The Morgan fingerprint density at radius 1 is 1.14 bits per heavy atom. The fourth-order valence-corrected chi connectivity index (χ4v) is 3.35. The predicted octanol–water partition coefficient (Wildman–Crippen LogP) is 2.97. The Morgan fingerprint density at radius 3 is 2.64 bits per heavy atom. The molecule has 1 heterocycles. The van der Waals surface area contributed by atoms with Crippen LogP contribution in [0.5, 0.6) is 5.88 Å². The minimum atomic E-state index is -0.113. The van der Waals surface area contributed by atoms with Gasteiger partial charge in [-0.3, -0.25) is 0 Å². The number of rotatable bonds is 7. The maximum atomic E-state index is 12.1. The number of nitrogens with one attached hydrogen (secondary N) is 2. The van der Waals surface area contributed by atoms with Crippen molar-refractivity contribution in [2.75, 3.05) is 6.54 Å². The van der Waals surface area contributed by atoms with Gasteiger partial charge in [0.1, 0.15) is 12.2 Å². The molecule has 1 aliphatic carbocycles. The molecule has 2 aromatic rings. The van der Waals surface area contributed by atoms with Gasteiger partial charge in [0.2, 0.25) is 5.69 Å². The summed E-state index contributed by atoms with van der Waals surface area (Å²) in [6, 6.07) is 12.3. The van der Waals surface area contributed by atoms with Gasteiger partial charge in [0.15, 0.2) is 0 Å². The van der Waals surface area contributed by atoms with E-state index in [0.29, 0.717) is 6.54 Å². The second-order valence-corrected chi connectivity index (χ2v) is 6.90. The fourth-order valence-electron chi connectivity index (χ4n) is 3.35. The van der Waals surface area contributed by atoms with E-state index in [1.165, 1.54) is 18.0 Å². The highest BCUT2D eigenvalue weighted by Gasteiger charge is 2.24. The van der Waals surface area contributed by atoms with Crippen LogP contribution >= 0.6 is 0 Å². The van der Waals surface area contributed by atoms with Gasteiger partial charge in [-0.05, 0) is 44.1 Å². The summed E-state index contributed by atoms with van der Waals surface area (Å²) in [6.07, 6.45) is 8.15. The van der Waals surface area contributed by atoms with Gasteiger partial charge in [-0.15, -0.1) is 0 Å². The first kappa shape index (κ1) is 19.6. The zero-order chi connectivity index (χ0) is 19.6. The number of nitrogens with zero attached hydrogens (tertiary/aromatic N) is 3. The molecule has 0 atom stereocenters. The van der Waals surface area contributed by atoms with Crippen LogP contribution in [-0.4, -0.2) is 34.7 Å². The van der Waals surface area contributed by atoms with E-state index < -0.39 is 0 Å². The number of carbonyl (C=O) groups is 1. The van der Waals surface area contributed by atoms with Crippen LogP contribution in [0.25, 0.3) is 0 Å². The first-order chi connectivity index (χ1) is 13.7. The molecule has 2 N–H and O–H groups in total. The molecular formula is C21H25N5O2. The lowest BCUT2D eigenvalue weighted by atomic mass is 9.93. The summed E-state index contributed by atoms with van der Waals surface area (Å²) in [5.74, 6) is 0.289. The second kappa shape index (κ2) is 10.3. The molecule has 1 saturated carbocycles. The van der Waals surface area contributed by atoms with E-state index in [9.17, 15) is 4.79 Å². The number of hydrogen-bond acceptors (Lipinski definition) is 5. The Labute approximate surface area is 165 Å². The van der Waals surface area contributed by atoms with Crippen molar-refractivity contribution in [2.45, 2.75) is 50.7 Å². The standard InChI is InChI=1S/C21H25N5O2/c22-15-19-20(24-14-13-23-19)28-18-10-8-17(9-11-18)26-21(27)25-12-4-7-16-5-2-1-3-6-16/h1-3,5-6,13-14,17-18H,4,7-12H2,(H2,25,26,27). The summed E-state index contributed by atoms with van der Waals surface area (Å²) in [7, 11) is 0. The van der Waals surface area contributed by atoms with E-state index in [1.54, 1.807) is 0 Å². The van der Waals surface area contributed by atoms with Crippen LogP contribution in [0, 0.1) is 11.3 Å². The van der Waals surface area contributed by atoms with E-state index in [-0.39, 0.29) is 29.8 Å². The minimum Gasteiger partial charge on any atom is -0.472 e. The fraction of sp³-hybridized carbons (Fsp3) is 0.429. The van der Waals surface area contributed by atoms with E-state index in [1.807, 2.05) is 24.3 Å². The summed E-state index contributed by atoms with van der Waals surface area (Å²) < 4.78 is 5.83. The molecule has 2 amide bonds. The molecule has 0 unspecified atom stereocenters. The molecule has 0 saturated heterocycles. The van der Waals surface area contributed by atoms with Crippen molar-refractivity contribution in [1.29, 1.82) is 5.26 Å². The van der Waals surface area contributed by atoms with E-state index in [4.69, 9.17) is 10.00 Å². The molecule has 1 aromatic heterocycles. The van der Waals surface area contributed by atoms with Crippen LogP contribution in [0.15, 0.2) is 42.7 Å². The smallest absolute Gasteiger partial charge is 0.315 e. The Kier molecular flexibility index (Phi) is 7.19. The van der Waals surface area contributed by atoms with Gasteiger partial charge in [-0.25, -0.2) is 14.8 Å². The lowest BCUT2D eigenvalue weighted by Crippen LogP contribution is -2.45. The Bertz CT molecular complexity index is 798. The van der Waals surface area contributed by atoms with Crippen LogP contribution in [0.2, 0.25) is 0 Å². The molecule has 28 heavy (non-hydrogen) atoms. The van der Waals surface area contributed by atoms with Crippen LogP contribution in [-0.2, 0) is 6.42 Å². The number of ether oxygens (including phenoxy) is 1. The number of hydrogen-bond donors (Lipinski definition) is 2. The summed E-state index contributed by atoms with van der Waals surface area (Å²) in [5, 5.41) is 15.0. The first-order valence-electron chi connectivity index (χ1n) is 9.70. The number of urea groups is 1. The van der Waals surface area contributed by atoms with Gasteiger partial charge >= 0.3 is 6.03 Å². The zero-order valence-electron chi connectivity index (χ0n) is 15.8. The molecule has 7 nitrogen and oxygen atoms in total. The molecule has 7 heteroatoms. The van der Waals surface area contributed by atoms with Gasteiger partial charge in [0.05, 0.1) is 0 Å². The second-order valence-electron chi connectivity index (χ2n) is 6.90. The maximum Gasteiger partial charge on any atom is 0.315 e. The minimum absolute atomic E-state index is 0.00390. The molecule has 3 rings (SSSR count). The maximum absolute atomic E-state index is 12.1. The number of benzene rings is 1. The monoisotopic (exact) mass is 379 g/mol. The third-order valence-corrected chi connectivity index (χ3v) is 4.83. The van der Waals surface area contributed by atoms with Gasteiger partial charge in [0.25, 0.3) is 5.88 Å². The van der Waals surface area contributed by atoms with Crippen LogP contribution in [0.1, 0.15) is 43.4 Å². The first-order valence-corrected chi connectivity index (χ1v) is 9.70. The molecule has 1 aromatic carbocycles. The van der Waals surface area contributed by atoms with Gasteiger partial charge in [-0.2, -0.15) is 5.26 Å². The van der Waals surface area contributed by atoms with Gasteiger partial charge in [-0.1, -0.05) is 30.3 Å². The highest BCUT2D eigenvalue weighted by Crippen LogP contribution is 2.23. The Morgan fingerprint density at radius 2 is 1.89 bits per heavy atom. The van der Waals surface area contributed by atoms with Crippen molar-refractivity contribution >= 4 is 6.03 Å². The van der Waals surface area contributed by atoms with Crippen molar-refractivity contribution in [1.82, 2.24) is 20.6 Å². The average molecular weight is 379 g/mol. The van der Waals surface area contributed by atoms with Crippen LogP contribution < -0.4 is 15.4 Å². The van der Waals surface area contributed by atoms with Crippen molar-refractivity contribution in [3.05, 3.63) is 54.0 Å². The topological polar surface area (TPSA) is 99.9 Å². The van der Waals surface area contributed by atoms with Crippen molar-refractivity contribution < 1.29 is 9.53 Å². The van der Waals surface area contributed by atoms with E-state index in [2.05, 4.69) is 32.7 Å². The molecule has 1 aliphatic rings. The molecule has 0 aliphatic heterocycles. The molecule has 0 radical (unpaired) electrons. The summed E-state index contributed by atoms with van der Waals surface area (Å²) in [4.78, 5) is 20.1. The third kappa shape index (κ3) is 5.95. The average Bonchev–Trinajstić information content (AvgIpc) is 2.74. The number of aromatic nitrogens is 2. The lowest BCUT2D eigenvalue weighted by Gasteiger charge is -2.29. The molecule has 1 fully saturated rings. The number of aryl methyl sites for hydroxylation is 1. The zero-order valence-corrected chi connectivity index (χ0v) is 15.8. The summed E-state index contributed by atoms with van der Waals surface area (Å²) in [5.41, 5.74) is 1.49. The number of amides is 2. The molecule has 146 valence electrons. The number of nitriles is 1. The van der Waals surface area contributed by atoms with Gasteiger partial charge < -0.3 is 15.4 Å². The SMILES string of the molecule is N#Cc1nccnc1OC1CCC(NC(=O)NCCCc2ccccc2)CC1.